The molecular formula is C34H45N3O7S. The number of ether oxygens (including phenoxy) is 3. The summed E-state index contributed by atoms with van der Waals surface area (Å²) in [5.41, 5.74) is 3.96. The number of carboxylic acids is 1. The molecule has 0 spiro atoms. The van der Waals surface area contributed by atoms with Gasteiger partial charge < -0.3 is 34.5 Å². The van der Waals surface area contributed by atoms with Crippen molar-refractivity contribution in [2.45, 2.75) is 51.1 Å². The van der Waals surface area contributed by atoms with Crippen molar-refractivity contribution in [2.24, 2.45) is 0 Å². The molecule has 0 aliphatic rings. The number of hydrogen-bond donors (Lipinski definition) is 3. The summed E-state index contributed by atoms with van der Waals surface area (Å²) in [5, 5.41) is 14.6. The van der Waals surface area contributed by atoms with Gasteiger partial charge in [-0.05, 0) is 56.0 Å². The molecule has 3 rings (SSSR count). The van der Waals surface area contributed by atoms with Gasteiger partial charge in [-0.3, -0.25) is 9.59 Å². The lowest BCUT2D eigenvalue weighted by Crippen LogP contribution is -2.45. The number of nitrogens with zero attached hydrogens (tertiary/aromatic N) is 1. The van der Waals surface area contributed by atoms with Crippen LogP contribution in [0.3, 0.4) is 0 Å². The molecule has 0 aliphatic heterocycles. The maximum absolute atomic E-state index is 12.3. The van der Waals surface area contributed by atoms with E-state index in [-0.39, 0.29) is 12.5 Å². The molecular weight excluding hydrogens is 594 g/mol. The number of carbonyl (C=O) groups is 3. The summed E-state index contributed by atoms with van der Waals surface area (Å²) < 4.78 is 19.1. The van der Waals surface area contributed by atoms with E-state index >= 15 is 0 Å². The predicted molar refractivity (Wildman–Crippen MR) is 175 cm³/mol. The number of benzene rings is 2. The topological polar surface area (TPSA) is 128 Å². The number of aromatic nitrogens is 1. The van der Waals surface area contributed by atoms with Gasteiger partial charge >= 0.3 is 5.97 Å². The van der Waals surface area contributed by atoms with E-state index in [2.05, 4.69) is 34.3 Å². The van der Waals surface area contributed by atoms with Crippen molar-refractivity contribution >= 4 is 29.5 Å². The summed E-state index contributed by atoms with van der Waals surface area (Å²) in [6, 6.07) is 21.8. The number of aliphatic carboxylic acids is 1. The first-order chi connectivity index (χ1) is 21.9. The SMILES string of the molecule is Cc1ccc(CSCCOCCOCCOCc2ccccc2)n1CCCCC(NC(=O)CNC(=O)c1ccccc1)C(=O)O. The zero-order chi connectivity index (χ0) is 32.1. The molecule has 2 amide bonds. The van der Waals surface area contributed by atoms with Crippen LogP contribution in [-0.2, 0) is 42.7 Å². The van der Waals surface area contributed by atoms with Crippen molar-refractivity contribution in [2.75, 3.05) is 45.3 Å². The van der Waals surface area contributed by atoms with Crippen molar-refractivity contribution in [1.82, 2.24) is 15.2 Å². The number of carbonyl (C=O) groups excluding carboxylic acids is 2. The highest BCUT2D eigenvalue weighted by Crippen LogP contribution is 2.17. The van der Waals surface area contributed by atoms with Crippen LogP contribution in [-0.4, -0.2) is 78.8 Å². The lowest BCUT2D eigenvalue weighted by atomic mass is 10.1. The molecule has 3 aromatic rings. The van der Waals surface area contributed by atoms with Crippen LogP contribution in [0.2, 0.25) is 0 Å². The lowest BCUT2D eigenvalue weighted by Gasteiger charge is -2.16. The van der Waals surface area contributed by atoms with Gasteiger partial charge in [0.25, 0.3) is 5.91 Å². The van der Waals surface area contributed by atoms with Crippen LogP contribution < -0.4 is 10.6 Å². The van der Waals surface area contributed by atoms with Crippen molar-refractivity contribution in [3.63, 3.8) is 0 Å². The maximum atomic E-state index is 12.3. The van der Waals surface area contributed by atoms with E-state index in [1.54, 1.807) is 42.1 Å². The first-order valence-corrected chi connectivity index (χ1v) is 16.4. The molecule has 0 saturated heterocycles. The number of thioether (sulfide) groups is 1. The Morgan fingerprint density at radius 2 is 1.51 bits per heavy atom. The molecule has 10 nitrogen and oxygen atoms in total. The second-order valence-electron chi connectivity index (χ2n) is 10.4. The third-order valence-electron chi connectivity index (χ3n) is 6.97. The first kappa shape index (κ1) is 35.8. The largest absolute Gasteiger partial charge is 0.480 e. The summed E-state index contributed by atoms with van der Waals surface area (Å²) in [4.78, 5) is 36.1. The number of amides is 2. The van der Waals surface area contributed by atoms with Crippen molar-refractivity contribution < 1.29 is 33.7 Å². The van der Waals surface area contributed by atoms with Gasteiger partial charge in [0, 0.05) is 35.0 Å². The van der Waals surface area contributed by atoms with Gasteiger partial charge in [-0.1, -0.05) is 48.5 Å². The summed E-state index contributed by atoms with van der Waals surface area (Å²) in [7, 11) is 0. The fourth-order valence-electron chi connectivity index (χ4n) is 4.54. The van der Waals surface area contributed by atoms with E-state index in [0.717, 1.165) is 35.7 Å². The molecule has 0 saturated carbocycles. The van der Waals surface area contributed by atoms with E-state index in [1.807, 2.05) is 30.3 Å². The van der Waals surface area contributed by atoms with E-state index in [0.29, 0.717) is 58.0 Å². The van der Waals surface area contributed by atoms with Crippen LogP contribution in [0.4, 0.5) is 0 Å². The molecule has 3 N–H and O–H groups in total. The molecule has 1 unspecified atom stereocenters. The second kappa shape index (κ2) is 21.2. The second-order valence-corrected chi connectivity index (χ2v) is 11.5. The van der Waals surface area contributed by atoms with Crippen LogP contribution in [0.1, 0.15) is 46.6 Å². The normalized spacial score (nSPS) is 11.7. The third-order valence-corrected chi connectivity index (χ3v) is 7.93. The van der Waals surface area contributed by atoms with Gasteiger partial charge in [-0.2, -0.15) is 11.8 Å². The highest BCUT2D eigenvalue weighted by Gasteiger charge is 2.20. The Morgan fingerprint density at radius 1 is 0.844 bits per heavy atom. The van der Waals surface area contributed by atoms with Gasteiger partial charge in [-0.25, -0.2) is 4.79 Å². The average Bonchev–Trinajstić information content (AvgIpc) is 3.40. The summed E-state index contributed by atoms with van der Waals surface area (Å²) in [6.45, 7) is 5.97. The Kier molecular flexibility index (Phi) is 16.8. The molecule has 1 atom stereocenters. The molecule has 45 heavy (non-hydrogen) atoms. The van der Waals surface area contributed by atoms with Crippen LogP contribution in [0, 0.1) is 6.92 Å². The number of hydrogen-bond acceptors (Lipinski definition) is 7. The minimum absolute atomic E-state index is 0.287. The quantitative estimate of drug-likeness (QED) is 0.130. The molecule has 244 valence electrons. The smallest absolute Gasteiger partial charge is 0.326 e. The zero-order valence-electron chi connectivity index (χ0n) is 26.0. The molecule has 0 fully saturated rings. The first-order valence-electron chi connectivity index (χ1n) is 15.3. The minimum atomic E-state index is -1.09. The minimum Gasteiger partial charge on any atom is -0.480 e. The monoisotopic (exact) mass is 639 g/mol. The van der Waals surface area contributed by atoms with Gasteiger partial charge in [0.1, 0.15) is 6.04 Å². The Hall–Kier alpha value is -3.64. The molecule has 0 radical (unpaired) electrons. The van der Waals surface area contributed by atoms with E-state index < -0.39 is 17.9 Å². The van der Waals surface area contributed by atoms with E-state index in [4.69, 9.17) is 14.2 Å². The zero-order valence-corrected chi connectivity index (χ0v) is 26.8. The van der Waals surface area contributed by atoms with Crippen LogP contribution >= 0.6 is 11.8 Å². The molecule has 2 aromatic carbocycles. The fourth-order valence-corrected chi connectivity index (χ4v) is 5.38. The van der Waals surface area contributed by atoms with Gasteiger partial charge in [-0.15, -0.1) is 0 Å². The number of aryl methyl sites for hydroxylation is 1. The highest BCUT2D eigenvalue weighted by molar-refractivity contribution is 7.98. The Balaban J connectivity index is 1.23. The third kappa shape index (κ3) is 14.3. The Bertz CT molecular complexity index is 1290. The molecule has 1 aromatic heterocycles. The molecule has 0 aliphatic carbocycles. The van der Waals surface area contributed by atoms with Crippen molar-refractivity contribution in [3.05, 3.63) is 95.3 Å². The molecule has 11 heteroatoms. The Labute approximate surface area is 269 Å². The summed E-state index contributed by atoms with van der Waals surface area (Å²) in [5.74, 6) is -0.282. The lowest BCUT2D eigenvalue weighted by molar-refractivity contribution is -0.141. The van der Waals surface area contributed by atoms with Crippen LogP contribution in [0.25, 0.3) is 0 Å². The van der Waals surface area contributed by atoms with Gasteiger partial charge in [0.2, 0.25) is 5.91 Å². The van der Waals surface area contributed by atoms with Gasteiger partial charge in [0.15, 0.2) is 0 Å². The molecule has 1 heterocycles. The van der Waals surface area contributed by atoms with E-state index in [1.165, 1.54) is 5.69 Å². The number of carboxylic acid groups (broad SMARTS) is 1. The Morgan fingerprint density at radius 3 is 2.22 bits per heavy atom. The standard InChI is InChI=1S/C34H45N3O7S/c1-27-15-16-30(26-45-23-22-43-19-18-42-20-21-44-25-28-10-4-2-5-11-28)37(27)17-9-8-14-31(34(40)41)36-32(38)24-35-33(39)29-12-6-3-7-13-29/h2-7,10-13,15-16,31H,8-9,14,17-26H2,1H3,(H,35,39)(H,36,38)(H,40,41). The molecule has 0 bridgehead atoms. The number of unbranched alkanes of at least 4 members (excludes halogenated alkanes) is 1. The van der Waals surface area contributed by atoms with Crippen LogP contribution in [0.15, 0.2) is 72.8 Å². The predicted octanol–water partition coefficient (Wildman–Crippen LogP) is 4.45. The van der Waals surface area contributed by atoms with E-state index in [9.17, 15) is 19.5 Å². The van der Waals surface area contributed by atoms with Crippen molar-refractivity contribution in [1.29, 1.82) is 0 Å². The highest BCUT2D eigenvalue weighted by atomic mass is 32.2. The number of nitrogens with one attached hydrogen (secondary N) is 2. The fraction of sp³-hybridized carbons (Fsp3) is 0.441. The summed E-state index contributed by atoms with van der Waals surface area (Å²) >= 11 is 1.80. The average molecular weight is 640 g/mol. The van der Waals surface area contributed by atoms with Crippen LogP contribution in [0.5, 0.6) is 0 Å². The maximum Gasteiger partial charge on any atom is 0.326 e. The summed E-state index contributed by atoms with van der Waals surface area (Å²) in [6.07, 6.45) is 1.71. The number of rotatable bonds is 23. The van der Waals surface area contributed by atoms with Crippen molar-refractivity contribution in [3.8, 4) is 0 Å². The van der Waals surface area contributed by atoms with Gasteiger partial charge in [0.05, 0.1) is 46.2 Å².